The van der Waals surface area contributed by atoms with Gasteiger partial charge >= 0.3 is 0 Å². The summed E-state index contributed by atoms with van der Waals surface area (Å²) in [5.41, 5.74) is 11.6. The van der Waals surface area contributed by atoms with E-state index < -0.39 is 0 Å². The van der Waals surface area contributed by atoms with Gasteiger partial charge in [0.15, 0.2) is 0 Å². The molecule has 1 aromatic heterocycles. The van der Waals surface area contributed by atoms with E-state index in [1.807, 2.05) is 31.4 Å². The summed E-state index contributed by atoms with van der Waals surface area (Å²) in [6.07, 6.45) is 9.33. The zero-order chi connectivity index (χ0) is 20.9. The van der Waals surface area contributed by atoms with Crippen LogP contribution in [0.15, 0.2) is 61.1 Å². The molecule has 0 spiro atoms. The first kappa shape index (κ1) is 20.6. The Morgan fingerprint density at radius 3 is 2.80 bits per heavy atom. The van der Waals surface area contributed by atoms with Crippen molar-refractivity contribution in [2.24, 2.45) is 5.73 Å². The number of nitrogens with zero attached hydrogens (tertiary/aromatic N) is 2. The molecule has 0 bridgehead atoms. The predicted molar refractivity (Wildman–Crippen MR) is 131 cm³/mol. The van der Waals surface area contributed by atoms with Crippen LogP contribution in [0.25, 0.3) is 21.9 Å². The van der Waals surface area contributed by atoms with Gasteiger partial charge < -0.3 is 20.7 Å². The lowest BCUT2D eigenvalue weighted by molar-refractivity contribution is 0.538. The Hall–Kier alpha value is -2.70. The highest BCUT2D eigenvalue weighted by molar-refractivity contribution is 7.97. The number of nitrogens with one attached hydrogen (secondary N) is 2. The summed E-state index contributed by atoms with van der Waals surface area (Å²) in [5, 5.41) is 9.29. The predicted octanol–water partition coefficient (Wildman–Crippen LogP) is 5.07. The molecule has 5 nitrogen and oxygen atoms in total. The molecule has 30 heavy (non-hydrogen) atoms. The molecule has 0 amide bonds. The van der Waals surface area contributed by atoms with Gasteiger partial charge in [-0.25, -0.2) is 0 Å². The lowest BCUT2D eigenvalue weighted by Crippen LogP contribution is -2.27. The van der Waals surface area contributed by atoms with Crippen molar-refractivity contribution in [2.75, 3.05) is 30.0 Å². The van der Waals surface area contributed by atoms with Crippen molar-refractivity contribution in [3.63, 3.8) is 0 Å². The smallest absolute Gasteiger partial charge is 0.0479 e. The second-order valence-corrected chi connectivity index (χ2v) is 8.69. The fraction of sp³-hybridized carbons (Fsp3) is 0.292. The number of aromatic nitrogens is 1. The molecule has 3 aromatic rings. The van der Waals surface area contributed by atoms with Crippen molar-refractivity contribution in [3.05, 3.63) is 66.6 Å². The molecule has 1 aliphatic rings. The molecule has 0 saturated carbocycles. The van der Waals surface area contributed by atoms with Crippen LogP contribution in [0.3, 0.4) is 0 Å². The van der Waals surface area contributed by atoms with Gasteiger partial charge in [-0.1, -0.05) is 24.9 Å². The molecule has 2 aromatic carbocycles. The molecule has 0 saturated heterocycles. The van der Waals surface area contributed by atoms with E-state index in [0.29, 0.717) is 12.6 Å². The summed E-state index contributed by atoms with van der Waals surface area (Å²) in [6.45, 7) is 3.74. The number of anilines is 2. The minimum absolute atomic E-state index is 0.309. The maximum atomic E-state index is 5.98. The van der Waals surface area contributed by atoms with E-state index in [2.05, 4.69) is 75.5 Å². The van der Waals surface area contributed by atoms with E-state index in [1.54, 1.807) is 0 Å². The number of rotatable bonds is 7. The first-order valence-electron chi connectivity index (χ1n) is 10.4. The highest BCUT2D eigenvalue weighted by Crippen LogP contribution is 2.33. The van der Waals surface area contributed by atoms with E-state index >= 15 is 0 Å². The molecular formula is C24H29N5S. The Morgan fingerprint density at radius 2 is 2.07 bits per heavy atom. The standard InChI is InChI=1S/C24H29N5S/c1-3-30-29-10-7-21(8-11-29)28-24-14-19(13-18-6-9-27-16-22(18)24)17-4-5-23(26-2)20(12-17)15-25/h4-7,9-10,12-14,16,21,26,28H,3,8,11,15,25H2,1-2H3. The average Bonchev–Trinajstić information content (AvgIpc) is 2.80. The monoisotopic (exact) mass is 419 g/mol. The topological polar surface area (TPSA) is 66.2 Å². The highest BCUT2D eigenvalue weighted by atomic mass is 32.2. The summed E-state index contributed by atoms with van der Waals surface area (Å²) >= 11 is 1.86. The minimum atomic E-state index is 0.309. The molecule has 4 rings (SSSR count). The number of hydrogen-bond donors (Lipinski definition) is 3. The van der Waals surface area contributed by atoms with E-state index in [9.17, 15) is 0 Å². The molecule has 0 aliphatic carbocycles. The molecule has 156 valence electrons. The van der Waals surface area contributed by atoms with Crippen LogP contribution < -0.4 is 16.4 Å². The zero-order valence-corrected chi connectivity index (χ0v) is 18.4. The summed E-state index contributed by atoms with van der Waals surface area (Å²) in [4.78, 5) is 4.36. The third kappa shape index (κ3) is 4.40. The minimum Gasteiger partial charge on any atom is -0.388 e. The van der Waals surface area contributed by atoms with Crippen LogP contribution in [-0.4, -0.2) is 34.7 Å². The molecule has 1 unspecified atom stereocenters. The first-order chi connectivity index (χ1) is 14.7. The number of benzene rings is 2. The van der Waals surface area contributed by atoms with Gasteiger partial charge in [0.05, 0.1) is 0 Å². The van der Waals surface area contributed by atoms with Gasteiger partial charge in [-0.2, -0.15) is 0 Å². The van der Waals surface area contributed by atoms with Crippen LogP contribution >= 0.6 is 11.9 Å². The van der Waals surface area contributed by atoms with E-state index in [0.717, 1.165) is 41.0 Å². The summed E-state index contributed by atoms with van der Waals surface area (Å²) < 4.78 is 2.31. The van der Waals surface area contributed by atoms with Crippen LogP contribution in [0.2, 0.25) is 0 Å². The van der Waals surface area contributed by atoms with Gasteiger partial charge in [-0.15, -0.1) is 0 Å². The molecular weight excluding hydrogens is 390 g/mol. The quantitative estimate of drug-likeness (QED) is 0.465. The Labute approximate surface area is 182 Å². The molecule has 1 aliphatic heterocycles. The van der Waals surface area contributed by atoms with E-state index in [4.69, 9.17) is 5.73 Å². The Balaban J connectivity index is 1.69. The number of hydrogen-bond acceptors (Lipinski definition) is 6. The average molecular weight is 420 g/mol. The van der Waals surface area contributed by atoms with E-state index in [-0.39, 0.29) is 0 Å². The largest absolute Gasteiger partial charge is 0.388 e. The van der Waals surface area contributed by atoms with Crippen molar-refractivity contribution in [3.8, 4) is 11.1 Å². The van der Waals surface area contributed by atoms with Gasteiger partial charge in [0.2, 0.25) is 0 Å². The normalized spacial score (nSPS) is 16.1. The molecule has 6 heteroatoms. The molecule has 4 N–H and O–H groups in total. The second kappa shape index (κ2) is 9.41. The third-order valence-electron chi connectivity index (χ3n) is 5.46. The van der Waals surface area contributed by atoms with Crippen LogP contribution in [-0.2, 0) is 6.54 Å². The van der Waals surface area contributed by atoms with Crippen LogP contribution in [0, 0.1) is 0 Å². The summed E-state index contributed by atoms with van der Waals surface area (Å²) in [6, 6.07) is 13.3. The van der Waals surface area contributed by atoms with Gasteiger partial charge in [0.1, 0.15) is 0 Å². The molecule has 2 heterocycles. The van der Waals surface area contributed by atoms with Crippen molar-refractivity contribution >= 4 is 34.1 Å². The molecule has 0 radical (unpaired) electrons. The molecule has 1 atom stereocenters. The SMILES string of the molecule is CCSN1C=CC(Nc2cc(-c3ccc(NC)c(CN)c3)cc3ccncc23)CC1. The van der Waals surface area contributed by atoms with Crippen molar-refractivity contribution in [2.45, 2.75) is 25.9 Å². The van der Waals surface area contributed by atoms with Gasteiger partial charge in [0.25, 0.3) is 0 Å². The van der Waals surface area contributed by atoms with Gasteiger partial charge in [-0.3, -0.25) is 4.98 Å². The Bertz CT molecular complexity index is 1050. The van der Waals surface area contributed by atoms with Crippen LogP contribution in [0.5, 0.6) is 0 Å². The number of fused-ring (bicyclic) bond motifs is 1. The highest BCUT2D eigenvalue weighted by Gasteiger charge is 2.15. The fourth-order valence-corrected chi connectivity index (χ4v) is 4.62. The van der Waals surface area contributed by atoms with Crippen molar-refractivity contribution < 1.29 is 0 Å². The van der Waals surface area contributed by atoms with Gasteiger partial charge in [0, 0.05) is 67.3 Å². The van der Waals surface area contributed by atoms with Crippen molar-refractivity contribution in [1.29, 1.82) is 0 Å². The van der Waals surface area contributed by atoms with Crippen LogP contribution in [0.1, 0.15) is 18.9 Å². The number of nitrogens with two attached hydrogens (primary N) is 1. The number of pyridine rings is 1. The lowest BCUT2D eigenvalue weighted by atomic mass is 9.98. The lowest BCUT2D eigenvalue weighted by Gasteiger charge is -2.28. The summed E-state index contributed by atoms with van der Waals surface area (Å²) in [7, 11) is 1.93. The van der Waals surface area contributed by atoms with Crippen LogP contribution in [0.4, 0.5) is 11.4 Å². The Kier molecular flexibility index (Phi) is 6.45. The Morgan fingerprint density at radius 1 is 1.17 bits per heavy atom. The van der Waals surface area contributed by atoms with Crippen molar-refractivity contribution in [1.82, 2.24) is 9.29 Å². The second-order valence-electron chi connectivity index (χ2n) is 7.39. The third-order valence-corrected chi connectivity index (χ3v) is 6.36. The first-order valence-corrected chi connectivity index (χ1v) is 11.4. The maximum absolute atomic E-state index is 5.98. The van der Waals surface area contributed by atoms with Gasteiger partial charge in [-0.05, 0) is 64.9 Å². The summed E-state index contributed by atoms with van der Waals surface area (Å²) in [5.74, 6) is 1.10. The van der Waals surface area contributed by atoms with E-state index in [1.165, 1.54) is 16.5 Å². The fourth-order valence-electron chi connectivity index (χ4n) is 3.90. The zero-order valence-electron chi connectivity index (χ0n) is 17.6. The molecule has 0 fully saturated rings. The maximum Gasteiger partial charge on any atom is 0.0479 e.